The number of nitriles is 1. The van der Waals surface area contributed by atoms with Crippen LogP contribution in [0.15, 0.2) is 48.9 Å². The molecule has 1 aliphatic carbocycles. The number of benzene rings is 1. The van der Waals surface area contributed by atoms with Crippen molar-refractivity contribution in [3.8, 4) is 17.3 Å². The summed E-state index contributed by atoms with van der Waals surface area (Å²) in [6.45, 7) is 2.03. The van der Waals surface area contributed by atoms with E-state index in [0.29, 0.717) is 30.8 Å². The highest BCUT2D eigenvalue weighted by atomic mass is 19.1. The van der Waals surface area contributed by atoms with E-state index in [4.69, 9.17) is 20.5 Å². The molecule has 0 bridgehead atoms. The van der Waals surface area contributed by atoms with Crippen LogP contribution in [-0.2, 0) is 21.6 Å². The minimum atomic E-state index is -1.89. The molecule has 8 nitrogen and oxygen atoms in total. The van der Waals surface area contributed by atoms with E-state index >= 15 is 8.78 Å². The lowest BCUT2D eigenvalue weighted by Gasteiger charge is -2.39. The molecule has 218 valence electrons. The number of aromatic nitrogens is 4. The average molecular weight is 577 g/mol. The van der Waals surface area contributed by atoms with Crippen LogP contribution < -0.4 is 5.73 Å². The van der Waals surface area contributed by atoms with Crippen LogP contribution >= 0.6 is 0 Å². The largest absolute Gasteiger partial charge is 0.375 e. The number of hydrogen-bond donors (Lipinski definition) is 1. The molecule has 0 spiro atoms. The molecule has 6 rings (SSSR count). The quantitative estimate of drug-likeness (QED) is 0.294. The second kappa shape index (κ2) is 11.4. The minimum absolute atomic E-state index is 0.0713. The lowest BCUT2D eigenvalue weighted by atomic mass is 9.73. The molecule has 4 atom stereocenters. The molecule has 2 aliphatic rings. The molecule has 1 saturated carbocycles. The number of nitrogens with zero attached hydrogens (tertiary/aromatic N) is 5. The van der Waals surface area contributed by atoms with Gasteiger partial charge < -0.3 is 15.2 Å². The van der Waals surface area contributed by atoms with Gasteiger partial charge in [0.05, 0.1) is 61.4 Å². The first-order valence-corrected chi connectivity index (χ1v) is 14.0. The van der Waals surface area contributed by atoms with E-state index in [-0.39, 0.29) is 54.0 Å². The van der Waals surface area contributed by atoms with E-state index in [1.807, 2.05) is 6.07 Å². The number of rotatable bonds is 8. The summed E-state index contributed by atoms with van der Waals surface area (Å²) in [4.78, 5) is 8.91. The third-order valence-corrected chi connectivity index (χ3v) is 8.38. The first-order chi connectivity index (χ1) is 20.3. The molecule has 0 unspecified atom stereocenters. The Morgan fingerprint density at radius 1 is 1.17 bits per heavy atom. The van der Waals surface area contributed by atoms with Crippen molar-refractivity contribution in [1.82, 2.24) is 19.6 Å². The summed E-state index contributed by atoms with van der Waals surface area (Å²) < 4.78 is 57.4. The Bertz CT molecular complexity index is 1610. The van der Waals surface area contributed by atoms with Gasteiger partial charge in [-0.05, 0) is 71.7 Å². The number of ether oxygens (including phenoxy) is 2. The highest BCUT2D eigenvalue weighted by Gasteiger charge is 2.42. The normalized spacial score (nSPS) is 23.4. The summed E-state index contributed by atoms with van der Waals surface area (Å²) in [5.74, 6) is -0.821. The van der Waals surface area contributed by atoms with Gasteiger partial charge in [-0.1, -0.05) is 6.92 Å². The van der Waals surface area contributed by atoms with E-state index in [9.17, 15) is 4.39 Å². The van der Waals surface area contributed by atoms with E-state index in [2.05, 4.69) is 28.1 Å². The second-order valence-corrected chi connectivity index (χ2v) is 11.3. The maximum absolute atomic E-state index is 15.1. The molecule has 3 aromatic heterocycles. The Hall–Kier alpha value is -3.85. The zero-order valence-corrected chi connectivity index (χ0v) is 23.1. The van der Waals surface area contributed by atoms with E-state index < -0.39 is 17.3 Å². The highest BCUT2D eigenvalue weighted by molar-refractivity contribution is 5.63. The minimum Gasteiger partial charge on any atom is -0.375 e. The van der Waals surface area contributed by atoms with Crippen LogP contribution in [0.25, 0.3) is 16.8 Å². The summed E-state index contributed by atoms with van der Waals surface area (Å²) in [6.07, 6.45) is 7.44. The van der Waals surface area contributed by atoms with Gasteiger partial charge in [-0.2, -0.15) is 10.4 Å². The van der Waals surface area contributed by atoms with Gasteiger partial charge in [0.1, 0.15) is 17.5 Å². The topological polar surface area (TPSA) is 111 Å². The van der Waals surface area contributed by atoms with Crippen molar-refractivity contribution >= 4 is 5.52 Å². The summed E-state index contributed by atoms with van der Waals surface area (Å²) in [5.41, 5.74) is 7.05. The molecule has 1 aliphatic heterocycles. The number of fused-ring (bicyclic) bond motifs is 1. The molecule has 4 aromatic rings. The molecule has 2 fully saturated rings. The van der Waals surface area contributed by atoms with Crippen LogP contribution in [0, 0.1) is 28.9 Å². The lowest BCUT2D eigenvalue weighted by molar-refractivity contribution is -0.135. The number of imidazole rings is 1. The fraction of sp³-hybridized carbons (Fsp3) is 0.419. The zero-order valence-electron chi connectivity index (χ0n) is 23.1. The molecule has 1 aromatic carbocycles. The predicted molar refractivity (Wildman–Crippen MR) is 148 cm³/mol. The Labute approximate surface area is 241 Å². The van der Waals surface area contributed by atoms with Gasteiger partial charge in [-0.3, -0.25) is 4.98 Å². The van der Waals surface area contributed by atoms with Crippen molar-refractivity contribution in [2.24, 2.45) is 11.7 Å². The Morgan fingerprint density at radius 2 is 1.95 bits per heavy atom. The second-order valence-electron chi connectivity index (χ2n) is 11.3. The maximum Gasteiger partial charge on any atom is 0.182 e. The third kappa shape index (κ3) is 5.26. The predicted octanol–water partition coefficient (Wildman–Crippen LogP) is 4.99. The standard InChI is InChI=1S/C31H31F3N6O2/c1-18-9-19(10-26(36)30(18)42-8-2-6-35)23-5-7-37-14-20(23)11-28-38-15-22-3-4-27(39-40(22)28)29-24(32)12-21(13-25(29)33)31(34)16-41-17-31/h3-5,7,12-15,18-19,26,30H,2,8-11,16-17,36H2,1H3/t18-,19+,26+,30-/m0/s1. The molecular weight excluding hydrogens is 545 g/mol. The summed E-state index contributed by atoms with van der Waals surface area (Å²) in [6, 6.07) is 9.18. The van der Waals surface area contributed by atoms with Crippen LogP contribution in [0.5, 0.6) is 0 Å². The van der Waals surface area contributed by atoms with Gasteiger partial charge in [0.25, 0.3) is 0 Å². The van der Waals surface area contributed by atoms with Crippen molar-refractivity contribution in [2.45, 2.75) is 56.3 Å². The first-order valence-electron chi connectivity index (χ1n) is 14.0. The Balaban J connectivity index is 1.27. The maximum atomic E-state index is 15.1. The van der Waals surface area contributed by atoms with Crippen LogP contribution in [0.3, 0.4) is 0 Å². The van der Waals surface area contributed by atoms with Gasteiger partial charge in [0.15, 0.2) is 5.67 Å². The van der Waals surface area contributed by atoms with Gasteiger partial charge >= 0.3 is 0 Å². The Kier molecular flexibility index (Phi) is 7.70. The highest BCUT2D eigenvalue weighted by Crippen LogP contribution is 2.39. The molecule has 0 radical (unpaired) electrons. The molecule has 4 heterocycles. The fourth-order valence-electron chi connectivity index (χ4n) is 6.21. The van der Waals surface area contributed by atoms with Crippen LogP contribution in [0.2, 0.25) is 0 Å². The van der Waals surface area contributed by atoms with Crippen molar-refractivity contribution < 1.29 is 22.6 Å². The van der Waals surface area contributed by atoms with Crippen molar-refractivity contribution in [1.29, 1.82) is 5.26 Å². The van der Waals surface area contributed by atoms with E-state index in [1.165, 1.54) is 6.07 Å². The number of pyridine rings is 1. The molecule has 42 heavy (non-hydrogen) atoms. The number of halogens is 3. The summed E-state index contributed by atoms with van der Waals surface area (Å²) >= 11 is 0. The number of hydrogen-bond acceptors (Lipinski definition) is 7. The lowest BCUT2D eigenvalue weighted by Crippen LogP contribution is -2.46. The van der Waals surface area contributed by atoms with Gasteiger partial charge in [0, 0.05) is 24.9 Å². The smallest absolute Gasteiger partial charge is 0.182 e. The van der Waals surface area contributed by atoms with Gasteiger partial charge in [-0.25, -0.2) is 22.7 Å². The monoisotopic (exact) mass is 576 g/mol. The number of alkyl halides is 1. The molecular formula is C31H31F3N6O2. The first kappa shape index (κ1) is 28.3. The van der Waals surface area contributed by atoms with Crippen LogP contribution in [0.1, 0.15) is 54.6 Å². The van der Waals surface area contributed by atoms with Gasteiger partial charge in [0.2, 0.25) is 0 Å². The SMILES string of the molecule is C[C@H]1C[C@@H](c2ccncc2Cc2ncc3ccc(-c4c(F)cc(C5(F)COC5)cc4F)nn23)C[C@@H](N)[C@H]1OCCC#N. The average Bonchev–Trinajstić information content (AvgIpc) is 3.35. The zero-order chi connectivity index (χ0) is 29.4. The van der Waals surface area contributed by atoms with Crippen molar-refractivity contribution in [3.63, 3.8) is 0 Å². The van der Waals surface area contributed by atoms with Crippen LogP contribution in [-0.4, -0.2) is 51.5 Å². The summed E-state index contributed by atoms with van der Waals surface area (Å²) in [7, 11) is 0. The van der Waals surface area contributed by atoms with Crippen LogP contribution in [0.4, 0.5) is 13.2 Å². The van der Waals surface area contributed by atoms with Crippen molar-refractivity contribution in [2.75, 3.05) is 19.8 Å². The third-order valence-electron chi connectivity index (χ3n) is 8.38. The fourth-order valence-corrected chi connectivity index (χ4v) is 6.21. The molecule has 11 heteroatoms. The molecule has 2 N–H and O–H groups in total. The Morgan fingerprint density at radius 3 is 2.64 bits per heavy atom. The van der Waals surface area contributed by atoms with Gasteiger partial charge in [-0.15, -0.1) is 0 Å². The van der Waals surface area contributed by atoms with Crippen molar-refractivity contribution in [3.05, 3.63) is 83.1 Å². The van der Waals surface area contributed by atoms with E-state index in [1.54, 1.807) is 29.2 Å². The molecule has 1 saturated heterocycles. The van der Waals surface area contributed by atoms with E-state index in [0.717, 1.165) is 36.1 Å². The summed E-state index contributed by atoms with van der Waals surface area (Å²) in [5, 5.41) is 13.4. The molecule has 0 amide bonds. The number of nitrogens with two attached hydrogens (primary N) is 1.